The van der Waals surface area contributed by atoms with E-state index < -0.39 is 0 Å². The number of carbonyl (C=O) groups excluding carboxylic acids is 2. The number of likely N-dealkylation sites (N-methyl/N-ethyl adjacent to an activating group) is 1. The molecular weight excluding hydrogens is 326 g/mol. The lowest BCUT2D eigenvalue weighted by Gasteiger charge is -2.17. The summed E-state index contributed by atoms with van der Waals surface area (Å²) in [4.78, 5) is 25.4. The van der Waals surface area contributed by atoms with Gasteiger partial charge < -0.3 is 9.64 Å². The van der Waals surface area contributed by atoms with Gasteiger partial charge in [-0.1, -0.05) is 69.2 Å². The minimum absolute atomic E-state index is 0.0689. The highest BCUT2D eigenvalue weighted by atomic mass is 35.5. The lowest BCUT2D eigenvalue weighted by Crippen LogP contribution is -2.33. The molecule has 0 aliphatic rings. The Bertz CT molecular complexity index is 519. The van der Waals surface area contributed by atoms with Gasteiger partial charge in [0.2, 0.25) is 0 Å². The average molecular weight is 354 g/mol. The molecule has 0 heterocycles. The summed E-state index contributed by atoms with van der Waals surface area (Å²) in [7, 11) is 1.57. The molecule has 0 spiro atoms. The molecule has 0 fully saturated rings. The van der Waals surface area contributed by atoms with Gasteiger partial charge in [-0.3, -0.25) is 9.59 Å². The largest absolute Gasteiger partial charge is 0.464 e. The first kappa shape index (κ1) is 20.5. The molecule has 0 aromatic heterocycles. The molecule has 1 aromatic carbocycles. The Balaban J connectivity index is 2.20. The van der Waals surface area contributed by atoms with Crippen molar-refractivity contribution >= 4 is 23.5 Å². The first-order valence-electron chi connectivity index (χ1n) is 8.72. The third-order valence-corrected chi connectivity index (χ3v) is 4.16. The van der Waals surface area contributed by atoms with Gasteiger partial charge in [0.25, 0.3) is 5.91 Å². The van der Waals surface area contributed by atoms with Crippen LogP contribution >= 0.6 is 11.6 Å². The molecule has 0 aliphatic heterocycles. The lowest BCUT2D eigenvalue weighted by molar-refractivity contribution is -0.144. The molecule has 0 radical (unpaired) electrons. The number of nitrogens with zero attached hydrogens (tertiary/aromatic N) is 1. The second kappa shape index (κ2) is 11.9. The van der Waals surface area contributed by atoms with Crippen LogP contribution in [-0.2, 0) is 9.53 Å². The maximum atomic E-state index is 12.2. The molecule has 1 aromatic rings. The van der Waals surface area contributed by atoms with E-state index in [1.807, 2.05) is 0 Å². The van der Waals surface area contributed by atoms with Crippen LogP contribution in [0.2, 0.25) is 5.02 Å². The van der Waals surface area contributed by atoms with Gasteiger partial charge in [-0.05, 0) is 18.6 Å². The van der Waals surface area contributed by atoms with Crippen molar-refractivity contribution in [3.63, 3.8) is 0 Å². The van der Waals surface area contributed by atoms with Crippen LogP contribution in [0.1, 0.15) is 62.2 Å². The average Bonchev–Trinajstić information content (AvgIpc) is 2.57. The highest BCUT2D eigenvalue weighted by Crippen LogP contribution is 2.16. The number of unbranched alkanes of at least 4 members (excludes halogenated alkanes) is 6. The highest BCUT2D eigenvalue weighted by molar-refractivity contribution is 6.33. The number of carbonyl (C=O) groups is 2. The Hall–Kier alpha value is -1.55. The van der Waals surface area contributed by atoms with Crippen molar-refractivity contribution < 1.29 is 14.3 Å². The first-order valence-corrected chi connectivity index (χ1v) is 9.09. The molecule has 0 saturated carbocycles. The van der Waals surface area contributed by atoms with Crippen molar-refractivity contribution in [1.82, 2.24) is 4.90 Å². The predicted octanol–water partition coefficient (Wildman–Crippen LogP) is 4.71. The molecule has 0 unspecified atom stereocenters. The fourth-order valence-corrected chi connectivity index (χ4v) is 2.61. The fraction of sp³-hybridized carbons (Fsp3) is 0.579. The minimum Gasteiger partial charge on any atom is -0.464 e. The molecular formula is C19H28ClNO3. The maximum absolute atomic E-state index is 12.2. The zero-order valence-electron chi connectivity index (χ0n) is 14.7. The van der Waals surface area contributed by atoms with E-state index in [1.54, 1.807) is 31.3 Å². The molecule has 0 saturated heterocycles. The maximum Gasteiger partial charge on any atom is 0.325 e. The lowest BCUT2D eigenvalue weighted by atomic mass is 10.1. The van der Waals surface area contributed by atoms with Crippen LogP contribution in [0.4, 0.5) is 0 Å². The van der Waals surface area contributed by atoms with Crippen molar-refractivity contribution in [2.75, 3.05) is 20.2 Å². The van der Waals surface area contributed by atoms with E-state index in [1.165, 1.54) is 37.0 Å². The Labute approximate surface area is 150 Å². The Morgan fingerprint density at radius 2 is 1.67 bits per heavy atom. The monoisotopic (exact) mass is 353 g/mol. The summed E-state index contributed by atoms with van der Waals surface area (Å²) >= 11 is 6.00. The number of benzene rings is 1. The molecule has 5 heteroatoms. The van der Waals surface area contributed by atoms with E-state index in [-0.39, 0.29) is 18.4 Å². The van der Waals surface area contributed by atoms with Crippen LogP contribution < -0.4 is 0 Å². The van der Waals surface area contributed by atoms with E-state index in [9.17, 15) is 9.59 Å². The standard InChI is InChI=1S/C19H28ClNO3/c1-3-4-5-6-7-8-11-14-24-18(22)15-21(2)19(23)16-12-9-10-13-17(16)20/h9-10,12-13H,3-8,11,14-15H2,1-2H3. The zero-order valence-corrected chi connectivity index (χ0v) is 15.5. The Kier molecular flexibility index (Phi) is 10.2. The van der Waals surface area contributed by atoms with Crippen LogP contribution in [0.3, 0.4) is 0 Å². The molecule has 0 aliphatic carbocycles. The van der Waals surface area contributed by atoms with Crippen molar-refractivity contribution in [3.05, 3.63) is 34.9 Å². The van der Waals surface area contributed by atoms with Crippen LogP contribution in [-0.4, -0.2) is 37.0 Å². The first-order chi connectivity index (χ1) is 11.6. The van der Waals surface area contributed by atoms with Crippen LogP contribution in [0.5, 0.6) is 0 Å². The van der Waals surface area contributed by atoms with E-state index >= 15 is 0 Å². The van der Waals surface area contributed by atoms with Crippen molar-refractivity contribution in [2.24, 2.45) is 0 Å². The molecule has 1 amide bonds. The van der Waals surface area contributed by atoms with Gasteiger partial charge in [0.15, 0.2) is 0 Å². The molecule has 0 N–H and O–H groups in total. The minimum atomic E-state index is -0.385. The SMILES string of the molecule is CCCCCCCCCOC(=O)CN(C)C(=O)c1ccccc1Cl. The second-order valence-electron chi connectivity index (χ2n) is 5.98. The van der Waals surface area contributed by atoms with Crippen LogP contribution in [0.25, 0.3) is 0 Å². The zero-order chi connectivity index (χ0) is 17.8. The van der Waals surface area contributed by atoms with Gasteiger partial charge in [-0.2, -0.15) is 0 Å². The summed E-state index contributed by atoms with van der Waals surface area (Å²) in [5.41, 5.74) is 0.390. The van der Waals surface area contributed by atoms with Gasteiger partial charge in [-0.25, -0.2) is 0 Å². The summed E-state index contributed by atoms with van der Waals surface area (Å²) in [6.45, 7) is 2.55. The summed E-state index contributed by atoms with van der Waals surface area (Å²) < 4.78 is 5.19. The predicted molar refractivity (Wildman–Crippen MR) is 97.4 cm³/mol. The summed E-state index contributed by atoms with van der Waals surface area (Å²) in [5.74, 6) is -0.669. The van der Waals surface area contributed by atoms with Crippen molar-refractivity contribution in [3.8, 4) is 0 Å². The van der Waals surface area contributed by atoms with Crippen molar-refractivity contribution in [2.45, 2.75) is 51.9 Å². The number of halogens is 1. The number of amides is 1. The number of hydrogen-bond donors (Lipinski definition) is 0. The number of ether oxygens (including phenoxy) is 1. The molecule has 1 rings (SSSR count). The Morgan fingerprint density at radius 1 is 1.04 bits per heavy atom. The van der Waals surface area contributed by atoms with E-state index in [2.05, 4.69) is 6.92 Å². The number of hydrogen-bond acceptors (Lipinski definition) is 3. The quantitative estimate of drug-likeness (QED) is 0.427. The topological polar surface area (TPSA) is 46.6 Å². The van der Waals surface area contributed by atoms with E-state index in [0.29, 0.717) is 17.2 Å². The Morgan fingerprint density at radius 3 is 2.33 bits per heavy atom. The molecule has 0 bridgehead atoms. The number of esters is 1. The summed E-state index contributed by atoms with van der Waals surface area (Å²) in [5, 5.41) is 0.380. The van der Waals surface area contributed by atoms with Crippen LogP contribution in [0, 0.1) is 0 Å². The molecule has 134 valence electrons. The third-order valence-electron chi connectivity index (χ3n) is 3.83. The smallest absolute Gasteiger partial charge is 0.325 e. The fourth-order valence-electron chi connectivity index (χ4n) is 2.40. The third kappa shape index (κ3) is 7.82. The highest BCUT2D eigenvalue weighted by Gasteiger charge is 2.17. The van der Waals surface area contributed by atoms with Gasteiger partial charge in [0, 0.05) is 7.05 Å². The van der Waals surface area contributed by atoms with Gasteiger partial charge in [-0.15, -0.1) is 0 Å². The van der Waals surface area contributed by atoms with Gasteiger partial charge >= 0.3 is 5.97 Å². The summed E-state index contributed by atoms with van der Waals surface area (Å²) in [6, 6.07) is 6.80. The molecule has 0 atom stereocenters. The number of rotatable bonds is 11. The normalized spacial score (nSPS) is 10.5. The second-order valence-corrected chi connectivity index (χ2v) is 6.39. The van der Waals surface area contributed by atoms with Gasteiger partial charge in [0.05, 0.1) is 17.2 Å². The van der Waals surface area contributed by atoms with E-state index in [0.717, 1.165) is 12.8 Å². The van der Waals surface area contributed by atoms with E-state index in [4.69, 9.17) is 16.3 Å². The molecule has 4 nitrogen and oxygen atoms in total. The summed E-state index contributed by atoms with van der Waals surface area (Å²) in [6.07, 6.45) is 8.20. The van der Waals surface area contributed by atoms with Crippen molar-refractivity contribution in [1.29, 1.82) is 0 Å². The van der Waals surface area contributed by atoms with Gasteiger partial charge in [0.1, 0.15) is 6.54 Å². The van der Waals surface area contributed by atoms with Crippen LogP contribution in [0.15, 0.2) is 24.3 Å². The molecule has 24 heavy (non-hydrogen) atoms.